The molecule has 4 aliphatic heterocycles. The molecule has 8 heterocycles. The number of halogens is 7. The molecule has 0 unspecified atom stereocenters. The van der Waals surface area contributed by atoms with Crippen molar-refractivity contribution in [1.29, 1.82) is 0 Å². The van der Waals surface area contributed by atoms with Crippen molar-refractivity contribution in [2.24, 2.45) is 23.7 Å². The maximum Gasteiger partial charge on any atom is 0.519 e. The average molecular weight is 2110 g/mol. The van der Waals surface area contributed by atoms with Crippen LogP contribution >= 0.6 is 0 Å². The molecule has 4 amide bonds. The number of hydrogen-bond donors (Lipinski definition) is 2. The van der Waals surface area contributed by atoms with Crippen molar-refractivity contribution in [2.75, 3.05) is 60.4 Å². The van der Waals surface area contributed by atoms with Crippen LogP contribution in [0.4, 0.5) is 70.0 Å². The van der Waals surface area contributed by atoms with E-state index < -0.39 is 136 Å². The van der Waals surface area contributed by atoms with Crippen LogP contribution in [-0.2, 0) is 98.4 Å². The van der Waals surface area contributed by atoms with Gasteiger partial charge in [0, 0.05) is 120 Å². The van der Waals surface area contributed by atoms with E-state index in [1.165, 1.54) is 21.1 Å². The highest BCUT2D eigenvalue weighted by Gasteiger charge is 2.47. The molecule has 4 aromatic heterocycles. The van der Waals surface area contributed by atoms with Crippen LogP contribution < -0.4 is 5.73 Å². The molecule has 4 fully saturated rings. The number of carbonyl (C=O) groups is 12. The Morgan fingerprint density at radius 1 is 0.369 bits per heavy atom. The minimum atomic E-state index is -5.08. The highest BCUT2D eigenvalue weighted by atomic mass is 19.4. The lowest BCUT2D eigenvalue weighted by atomic mass is 9.89. The maximum atomic E-state index is 13.1. The summed E-state index contributed by atoms with van der Waals surface area (Å²) >= 11 is 0. The molecular weight excluding hydrogens is 1960 g/mol. The number of Topliss-reactive ketones (excluding diaryl/α,β-unsaturated/α-hetero) is 2. The molecule has 0 radical (unpaired) electrons. The Balaban J connectivity index is 0.000000368. The van der Waals surface area contributed by atoms with Gasteiger partial charge in [0.15, 0.2) is 0 Å². The Morgan fingerprint density at radius 2 is 0.617 bits per heavy atom. The minimum Gasteiger partial charge on any atom is -0.475 e. The number of carboxylic acids is 1. The van der Waals surface area contributed by atoms with Gasteiger partial charge in [-0.1, -0.05) is 51.1 Å². The Hall–Kier alpha value is -12.7. The van der Waals surface area contributed by atoms with Crippen molar-refractivity contribution < 1.29 is 155 Å². The number of likely N-dealkylation sites (tertiary alicyclic amines) is 4. The normalized spacial score (nSPS) is 17.3. The molecule has 11 rings (SSSR count). The second kappa shape index (κ2) is 57.3. The number of alkyl halides is 3. The van der Waals surface area contributed by atoms with E-state index in [4.69, 9.17) is 72.5 Å². The molecule has 44 heteroatoms. The van der Waals surface area contributed by atoms with Crippen LogP contribution in [-0.4, -0.2) is 276 Å². The number of rotatable bonds is 20. The van der Waals surface area contributed by atoms with Crippen LogP contribution in [0.5, 0.6) is 0 Å². The van der Waals surface area contributed by atoms with E-state index >= 15 is 0 Å². The number of nitrogens with two attached hydrogens (primary N) is 1. The van der Waals surface area contributed by atoms with Crippen LogP contribution in [0.1, 0.15) is 236 Å². The number of aromatic nitrogens is 6. The molecule has 0 bridgehead atoms. The van der Waals surface area contributed by atoms with Crippen LogP contribution in [0.3, 0.4) is 0 Å². The second-order valence-corrected chi connectivity index (χ2v) is 42.5. The third kappa shape index (κ3) is 46.1. The average Bonchev–Trinajstić information content (AvgIpc) is 1.70. The van der Waals surface area contributed by atoms with Crippen molar-refractivity contribution >= 4 is 111 Å². The van der Waals surface area contributed by atoms with Crippen molar-refractivity contribution in [3.05, 3.63) is 139 Å². The number of pyridine rings is 3. The van der Waals surface area contributed by atoms with Crippen molar-refractivity contribution in [3.8, 4) is 0 Å². The summed E-state index contributed by atoms with van der Waals surface area (Å²) in [7, 11) is 6.12. The molecule has 37 nitrogen and oxygen atoms in total. The topological polar surface area (TPSA) is 461 Å². The van der Waals surface area contributed by atoms with Gasteiger partial charge in [0.25, 0.3) is 0 Å². The van der Waals surface area contributed by atoms with E-state index in [2.05, 4.69) is 34.6 Å². The fourth-order valence-corrected chi connectivity index (χ4v) is 15.8. The lowest BCUT2D eigenvalue weighted by molar-refractivity contribution is -0.192. The molecular formula is C105H148F7N11O26. The lowest BCUT2D eigenvalue weighted by Gasteiger charge is -2.34. The first-order chi connectivity index (χ1) is 68.8. The fraction of sp³-hybridized carbons (Fsp3) is 0.600. The van der Waals surface area contributed by atoms with E-state index in [1.54, 1.807) is 163 Å². The van der Waals surface area contributed by atoms with Gasteiger partial charge in [-0.15, -0.1) is 0 Å². The summed E-state index contributed by atoms with van der Waals surface area (Å²) in [6.45, 7) is 46.1. The van der Waals surface area contributed by atoms with Gasteiger partial charge in [-0.05, 0) is 275 Å². The van der Waals surface area contributed by atoms with Crippen molar-refractivity contribution in [2.45, 2.75) is 331 Å². The van der Waals surface area contributed by atoms with E-state index in [0.717, 1.165) is 88.0 Å². The third-order valence-corrected chi connectivity index (χ3v) is 22.1. The number of carbonyl (C=O) groups excluding carboxylic acids is 11. The number of aliphatic carboxylic acids is 1. The summed E-state index contributed by atoms with van der Waals surface area (Å²) in [5, 5.41) is 10.3. The lowest BCUT2D eigenvalue weighted by Crippen LogP contribution is -2.49. The van der Waals surface area contributed by atoms with Crippen LogP contribution in [0.15, 0.2) is 110 Å². The predicted molar refractivity (Wildman–Crippen MR) is 536 cm³/mol. The maximum absolute atomic E-state index is 13.1. The predicted octanol–water partition coefficient (Wildman–Crippen LogP) is 20.5. The summed E-state index contributed by atoms with van der Waals surface area (Å²) in [5.41, 5.74) is 6.63. The molecule has 3 N–H and O–H groups in total. The Labute approximate surface area is 865 Å². The van der Waals surface area contributed by atoms with E-state index in [1.807, 2.05) is 146 Å². The summed E-state index contributed by atoms with van der Waals surface area (Å²) in [6.07, 6.45) is -3.99. The molecule has 828 valence electrons. The highest BCUT2D eigenvalue weighted by Crippen LogP contribution is 2.35. The fourth-order valence-electron chi connectivity index (χ4n) is 15.8. The SMILES string of the molecule is CC(C)(C)OC(=O)OC(=O)OC(C)(C)C.CO[C@H]([C@@H](C)C(=O)Cc1ccc2ncccc2c1)[C@@H]1CCCN1C(=O)OC(C)(C)C.CO[C@H]([C@@H](C)C(=O)Cc1ccc2ncccc2c1)[C@@H]1CCCN1C(=O)OC(C)(C)C.CO[C@H]([C@@H](C)C(=O)F)[C@@H]1CCCN1C(=O)OC(C)(C)C.CO[C@H]([C@@H](C)C(=O)OC(=O)OC(C)(C)C)[C@@H]1CCCN1C(=O)OC(C)(C)C.Fc1nc(F)nc(F)n1.Nc1ccc2ncccc2c1.O=C(O)C(F)(F)F. The number of amides is 4. The summed E-state index contributed by atoms with van der Waals surface area (Å²) in [6, 6.07) is 26.8. The van der Waals surface area contributed by atoms with Crippen molar-refractivity contribution in [3.63, 3.8) is 0 Å². The number of nitrogens with zero attached hydrogens (tertiary/aromatic N) is 10. The first-order valence-electron chi connectivity index (χ1n) is 48.5. The van der Waals surface area contributed by atoms with Gasteiger partial charge in [-0.25, -0.2) is 38.4 Å². The van der Waals surface area contributed by atoms with E-state index in [-0.39, 0.29) is 72.0 Å². The van der Waals surface area contributed by atoms with Crippen LogP contribution in [0, 0.1) is 41.9 Å². The number of hydrogen-bond acceptors (Lipinski definition) is 32. The van der Waals surface area contributed by atoms with Crippen LogP contribution in [0.25, 0.3) is 32.7 Å². The van der Waals surface area contributed by atoms with Gasteiger partial charge >= 0.3 is 85.2 Å². The Kier molecular flexibility index (Phi) is 49.5. The molecule has 7 aromatic rings. The zero-order valence-electron chi connectivity index (χ0n) is 90.6. The molecule has 4 aliphatic rings. The molecule has 149 heavy (non-hydrogen) atoms. The Morgan fingerprint density at radius 3 is 0.872 bits per heavy atom. The minimum absolute atomic E-state index is 0.0983. The standard InChI is InChI=1S/2C24H32N2O4.C19H33NO7.C14H24FNO4.C10H18O5.C9H8N2.C3F3N3.C2HF3O2/c2*1-16(21(27)15-17-10-11-19-18(14-17)8-6-12-25-19)22(29-5)20-9-7-13-26(20)23(28)30-24(2,3)4;1-12(15(21)25-17(23)27-19(5,6)7)14(24-8)13-10-9-11-20(13)16(22)26-18(2,3)4;1-9(12(15)17)11(19-5)10-7-6-8-16(10)13(18)20-14(2,3)4;1-9(2,3)14-7(11)13-8(12)15-10(4,5)6;10-8-3-4-9-7(6-8)2-1-5-11-9;4-1-7-2(5)9-3(6)8-1;3-2(4,5)1(6)7/h2*6,8,10-12,14,16,20,22H,7,9,13,15H2,1-5H3;12-14H,9-11H2,1-8H3;9-11H,6-8H2,1-5H3;1-6H3;1-6H,10H2;;(H,6,7)/t2*16-,20-,22+;12-,13+,14-;9-,10+,11-;;;;/m0011..../s1. The molecule has 0 aliphatic carbocycles. The zero-order chi connectivity index (χ0) is 113. The van der Waals surface area contributed by atoms with Gasteiger partial charge < -0.3 is 92.0 Å². The second-order valence-electron chi connectivity index (χ2n) is 42.5. The van der Waals surface area contributed by atoms with Crippen LogP contribution in [0.2, 0.25) is 0 Å². The number of anilines is 1. The van der Waals surface area contributed by atoms with Crippen molar-refractivity contribution in [1.82, 2.24) is 49.5 Å². The summed E-state index contributed by atoms with van der Waals surface area (Å²) in [4.78, 5) is 169. The number of ketones is 2. The number of carboxylic acid groups (broad SMARTS) is 1. The summed E-state index contributed by atoms with van der Waals surface area (Å²) < 4.78 is 148. The number of benzene rings is 3. The van der Waals surface area contributed by atoms with Gasteiger partial charge in [0.05, 0.1) is 77.0 Å². The largest absolute Gasteiger partial charge is 0.519 e. The van der Waals surface area contributed by atoms with Gasteiger partial charge in [0.2, 0.25) is 0 Å². The van der Waals surface area contributed by atoms with Gasteiger partial charge in [0.1, 0.15) is 50.8 Å². The van der Waals surface area contributed by atoms with E-state index in [0.29, 0.717) is 51.9 Å². The molecule has 0 saturated carbocycles. The van der Waals surface area contributed by atoms with E-state index in [9.17, 15) is 83.5 Å². The monoisotopic (exact) mass is 2110 g/mol. The number of methoxy groups -OCH3 is 4. The number of ether oxygens (including phenoxy) is 13. The molecule has 4 saturated heterocycles. The molecule has 3 aromatic carbocycles. The smallest absolute Gasteiger partial charge is 0.475 e. The first kappa shape index (κ1) is 129. The Bertz CT molecular complexity index is 5360. The van der Waals surface area contributed by atoms with Gasteiger partial charge in [-0.2, -0.15) is 45.7 Å². The first-order valence-corrected chi connectivity index (χ1v) is 48.5. The molecule has 12 atom stereocenters. The quantitative estimate of drug-likeness (QED) is 0.0179. The number of fused-ring (bicyclic) bond motifs is 3. The zero-order valence-corrected chi connectivity index (χ0v) is 90.6. The van der Waals surface area contributed by atoms with Gasteiger partial charge in [-0.3, -0.25) is 34.1 Å². The summed E-state index contributed by atoms with van der Waals surface area (Å²) in [5.74, 6) is -5.66. The molecule has 0 spiro atoms. The number of esters is 1. The highest BCUT2D eigenvalue weighted by molar-refractivity contribution is 5.88. The number of nitrogen functional groups attached to an aromatic ring is 1. The third-order valence-electron chi connectivity index (χ3n) is 22.1.